The summed E-state index contributed by atoms with van der Waals surface area (Å²) in [5, 5.41) is 3.50. The molecule has 1 heterocycles. The van der Waals surface area contributed by atoms with Crippen LogP contribution in [0.2, 0.25) is 5.02 Å². The van der Waals surface area contributed by atoms with E-state index in [0.29, 0.717) is 16.3 Å². The van der Waals surface area contributed by atoms with Gasteiger partial charge in [0.1, 0.15) is 11.6 Å². The Bertz CT molecular complexity index is 1140. The van der Waals surface area contributed by atoms with E-state index in [2.05, 4.69) is 15.3 Å². The summed E-state index contributed by atoms with van der Waals surface area (Å²) in [6, 6.07) is 22.1. The molecule has 0 bridgehead atoms. The molecule has 0 fully saturated rings. The van der Waals surface area contributed by atoms with Crippen LogP contribution in [0.1, 0.15) is 10.4 Å². The molecular formula is C23H19Cl2N3O2. The largest absolute Gasteiger partial charge is 0.497 e. The van der Waals surface area contributed by atoms with Gasteiger partial charge in [0.2, 0.25) is 0 Å². The van der Waals surface area contributed by atoms with Crippen LogP contribution in [0, 0.1) is 0 Å². The summed E-state index contributed by atoms with van der Waals surface area (Å²) in [5.74, 6) is 1.37. The van der Waals surface area contributed by atoms with Crippen LogP contribution in [-0.4, -0.2) is 23.0 Å². The molecule has 0 atom stereocenters. The molecule has 2 N–H and O–H groups in total. The van der Waals surface area contributed by atoms with E-state index in [-0.39, 0.29) is 18.3 Å². The van der Waals surface area contributed by atoms with Gasteiger partial charge in [0.15, 0.2) is 0 Å². The van der Waals surface area contributed by atoms with Gasteiger partial charge in [0, 0.05) is 27.4 Å². The molecule has 0 spiro atoms. The summed E-state index contributed by atoms with van der Waals surface area (Å²) >= 11 is 5.88. The number of aromatic amines is 1. The summed E-state index contributed by atoms with van der Waals surface area (Å²) in [6.07, 6.45) is 1.78. The smallest absolute Gasteiger partial charge is 0.255 e. The van der Waals surface area contributed by atoms with Gasteiger partial charge in [-0.1, -0.05) is 23.7 Å². The van der Waals surface area contributed by atoms with Gasteiger partial charge in [-0.3, -0.25) is 4.79 Å². The van der Waals surface area contributed by atoms with Crippen LogP contribution in [0.5, 0.6) is 5.75 Å². The average Bonchev–Trinajstić information content (AvgIpc) is 3.25. The van der Waals surface area contributed by atoms with Gasteiger partial charge in [-0.15, -0.1) is 12.4 Å². The number of nitrogens with one attached hydrogen (secondary N) is 2. The molecule has 0 aliphatic rings. The lowest BCUT2D eigenvalue weighted by atomic mass is 10.1. The maximum Gasteiger partial charge on any atom is 0.255 e. The van der Waals surface area contributed by atoms with E-state index in [1.165, 1.54) is 0 Å². The third kappa shape index (κ3) is 4.82. The topological polar surface area (TPSA) is 67.0 Å². The molecule has 30 heavy (non-hydrogen) atoms. The minimum absolute atomic E-state index is 0. The second kappa shape index (κ2) is 9.48. The van der Waals surface area contributed by atoms with Crippen molar-refractivity contribution in [1.29, 1.82) is 0 Å². The molecular weight excluding hydrogens is 421 g/mol. The Hall–Kier alpha value is -3.28. The van der Waals surface area contributed by atoms with Crippen molar-refractivity contribution in [1.82, 2.24) is 9.97 Å². The number of carbonyl (C=O) groups is 1. The van der Waals surface area contributed by atoms with Gasteiger partial charge in [-0.25, -0.2) is 4.98 Å². The second-order valence-corrected chi connectivity index (χ2v) is 6.85. The Morgan fingerprint density at radius 2 is 1.73 bits per heavy atom. The van der Waals surface area contributed by atoms with Crippen LogP contribution in [0.4, 0.5) is 5.69 Å². The Kier molecular flexibility index (Phi) is 6.77. The lowest BCUT2D eigenvalue weighted by molar-refractivity contribution is 0.102. The number of aromatic nitrogens is 2. The van der Waals surface area contributed by atoms with E-state index in [9.17, 15) is 4.79 Å². The van der Waals surface area contributed by atoms with Crippen molar-refractivity contribution in [2.75, 3.05) is 12.4 Å². The predicted octanol–water partition coefficient (Wildman–Crippen LogP) is 6.08. The zero-order valence-corrected chi connectivity index (χ0v) is 17.6. The highest BCUT2D eigenvalue weighted by Crippen LogP contribution is 2.25. The van der Waals surface area contributed by atoms with Gasteiger partial charge in [0.25, 0.3) is 5.91 Å². The first-order valence-corrected chi connectivity index (χ1v) is 9.37. The molecule has 1 amide bonds. The van der Waals surface area contributed by atoms with Crippen molar-refractivity contribution in [3.05, 3.63) is 89.6 Å². The Labute approximate surface area is 185 Å². The van der Waals surface area contributed by atoms with Gasteiger partial charge < -0.3 is 15.0 Å². The Balaban J connectivity index is 0.00000256. The monoisotopic (exact) mass is 439 g/mol. The molecule has 7 heteroatoms. The van der Waals surface area contributed by atoms with E-state index in [0.717, 1.165) is 28.4 Å². The zero-order chi connectivity index (χ0) is 20.2. The SMILES string of the molecule is COc1ccc(-c2ncc(-c3cccc(NC(=O)c4ccc(Cl)cc4)c3)[nH]2)cc1.Cl. The van der Waals surface area contributed by atoms with Gasteiger partial charge >= 0.3 is 0 Å². The number of nitrogens with zero attached hydrogens (tertiary/aromatic N) is 1. The van der Waals surface area contributed by atoms with Crippen LogP contribution < -0.4 is 10.1 Å². The highest BCUT2D eigenvalue weighted by Gasteiger charge is 2.09. The fourth-order valence-corrected chi connectivity index (χ4v) is 3.06. The normalized spacial score (nSPS) is 10.2. The number of hydrogen-bond acceptors (Lipinski definition) is 3. The lowest BCUT2D eigenvalue weighted by Crippen LogP contribution is -2.11. The standard InChI is InChI=1S/C23H18ClN3O2.ClH/c1-29-20-11-7-15(8-12-20)22-25-14-21(27-22)17-3-2-4-19(13-17)26-23(28)16-5-9-18(24)10-6-16;/h2-14H,1H3,(H,25,27)(H,26,28);1H. The predicted molar refractivity (Wildman–Crippen MR) is 123 cm³/mol. The number of anilines is 1. The number of carbonyl (C=O) groups excluding carboxylic acids is 1. The van der Waals surface area contributed by atoms with E-state index in [1.54, 1.807) is 37.6 Å². The number of imidazole rings is 1. The van der Waals surface area contributed by atoms with E-state index >= 15 is 0 Å². The minimum atomic E-state index is -0.192. The molecule has 0 radical (unpaired) electrons. The van der Waals surface area contributed by atoms with Crippen LogP contribution in [0.15, 0.2) is 79.0 Å². The van der Waals surface area contributed by atoms with Gasteiger partial charge in [-0.2, -0.15) is 0 Å². The summed E-state index contributed by atoms with van der Waals surface area (Å²) in [7, 11) is 1.64. The number of hydrogen-bond donors (Lipinski definition) is 2. The number of benzene rings is 3. The molecule has 0 saturated heterocycles. The van der Waals surface area contributed by atoms with Crippen molar-refractivity contribution >= 4 is 35.6 Å². The molecule has 4 rings (SSSR count). The number of ether oxygens (including phenoxy) is 1. The van der Waals surface area contributed by atoms with Crippen molar-refractivity contribution < 1.29 is 9.53 Å². The zero-order valence-electron chi connectivity index (χ0n) is 16.1. The summed E-state index contributed by atoms with van der Waals surface area (Å²) in [6.45, 7) is 0. The Morgan fingerprint density at radius 3 is 2.43 bits per heavy atom. The maximum absolute atomic E-state index is 12.4. The third-order valence-corrected chi connectivity index (χ3v) is 4.73. The molecule has 5 nitrogen and oxygen atoms in total. The van der Waals surface area contributed by atoms with E-state index in [4.69, 9.17) is 16.3 Å². The lowest BCUT2D eigenvalue weighted by Gasteiger charge is -2.07. The van der Waals surface area contributed by atoms with E-state index in [1.807, 2.05) is 48.5 Å². The van der Waals surface area contributed by atoms with Crippen LogP contribution in [0.3, 0.4) is 0 Å². The van der Waals surface area contributed by atoms with E-state index < -0.39 is 0 Å². The third-order valence-electron chi connectivity index (χ3n) is 4.48. The first-order valence-electron chi connectivity index (χ1n) is 8.99. The highest BCUT2D eigenvalue weighted by atomic mass is 35.5. The van der Waals surface area contributed by atoms with Crippen molar-refractivity contribution in [2.45, 2.75) is 0 Å². The fourth-order valence-electron chi connectivity index (χ4n) is 2.93. The number of rotatable bonds is 5. The quantitative estimate of drug-likeness (QED) is 0.395. The number of amides is 1. The first kappa shape index (κ1) is 21.4. The molecule has 4 aromatic rings. The highest BCUT2D eigenvalue weighted by molar-refractivity contribution is 6.30. The molecule has 3 aromatic carbocycles. The molecule has 1 aromatic heterocycles. The first-order chi connectivity index (χ1) is 14.1. The van der Waals surface area contributed by atoms with Gasteiger partial charge in [-0.05, 0) is 60.7 Å². The van der Waals surface area contributed by atoms with Crippen LogP contribution >= 0.6 is 24.0 Å². The average molecular weight is 440 g/mol. The fraction of sp³-hybridized carbons (Fsp3) is 0.0435. The van der Waals surface area contributed by atoms with Crippen molar-refractivity contribution in [2.24, 2.45) is 0 Å². The summed E-state index contributed by atoms with van der Waals surface area (Å²) < 4.78 is 5.19. The summed E-state index contributed by atoms with van der Waals surface area (Å²) in [5.41, 5.74) is 3.99. The van der Waals surface area contributed by atoms with Crippen LogP contribution in [-0.2, 0) is 0 Å². The molecule has 152 valence electrons. The second-order valence-electron chi connectivity index (χ2n) is 6.42. The Morgan fingerprint density at radius 1 is 1.00 bits per heavy atom. The molecule has 0 aliphatic heterocycles. The maximum atomic E-state index is 12.4. The molecule has 0 aliphatic carbocycles. The van der Waals surface area contributed by atoms with Crippen LogP contribution in [0.25, 0.3) is 22.6 Å². The van der Waals surface area contributed by atoms with Crippen molar-refractivity contribution in [3.63, 3.8) is 0 Å². The number of methoxy groups -OCH3 is 1. The summed E-state index contributed by atoms with van der Waals surface area (Å²) in [4.78, 5) is 20.2. The minimum Gasteiger partial charge on any atom is -0.497 e. The van der Waals surface area contributed by atoms with Crippen molar-refractivity contribution in [3.8, 4) is 28.4 Å². The molecule has 0 saturated carbocycles. The number of H-pyrrole nitrogens is 1. The number of halogens is 2. The van der Waals surface area contributed by atoms with Gasteiger partial charge in [0.05, 0.1) is 19.0 Å². The molecule has 0 unspecified atom stereocenters.